The van der Waals surface area contributed by atoms with Crippen molar-refractivity contribution in [2.45, 2.75) is 46.1 Å². The van der Waals surface area contributed by atoms with Crippen LogP contribution in [0.25, 0.3) is 11.2 Å². The van der Waals surface area contributed by atoms with Gasteiger partial charge in [0.25, 0.3) is 0 Å². The van der Waals surface area contributed by atoms with Crippen LogP contribution in [0.15, 0.2) is 12.3 Å². The first-order chi connectivity index (χ1) is 9.69. The largest absolute Gasteiger partial charge is 0.312 e. The number of rotatable bonds is 4. The van der Waals surface area contributed by atoms with E-state index in [0.29, 0.717) is 5.88 Å². The number of imidazole rings is 1. The summed E-state index contributed by atoms with van der Waals surface area (Å²) >= 11 is 5.94. The molecule has 1 aliphatic carbocycles. The van der Waals surface area contributed by atoms with Crippen molar-refractivity contribution in [1.82, 2.24) is 14.5 Å². The smallest absolute Gasteiger partial charge is 0.160 e. The van der Waals surface area contributed by atoms with E-state index in [-0.39, 0.29) is 0 Å². The lowest BCUT2D eigenvalue weighted by Gasteiger charge is -2.13. The van der Waals surface area contributed by atoms with Gasteiger partial charge < -0.3 is 4.57 Å². The van der Waals surface area contributed by atoms with Crippen molar-refractivity contribution in [1.29, 1.82) is 0 Å². The molecule has 3 nitrogen and oxygen atoms in total. The molecule has 0 bridgehead atoms. The van der Waals surface area contributed by atoms with Gasteiger partial charge in [-0.05, 0) is 43.2 Å². The van der Waals surface area contributed by atoms with Crippen molar-refractivity contribution in [2.24, 2.45) is 11.8 Å². The van der Waals surface area contributed by atoms with Crippen LogP contribution in [0.2, 0.25) is 0 Å². The molecule has 0 N–H and O–H groups in total. The molecule has 1 fully saturated rings. The molecular weight excluding hydrogens is 270 g/mol. The van der Waals surface area contributed by atoms with Gasteiger partial charge >= 0.3 is 0 Å². The molecule has 0 spiro atoms. The average Bonchev–Trinajstić information content (AvgIpc) is 2.97. The standard InChI is InChI=1S/C16H22ClN3/c1-11-3-4-13(9-11)10-20-14(5-7-17)19-15-12(2)6-8-18-16(15)20/h6,8,11,13H,3-5,7,9-10H2,1-2H3. The lowest BCUT2D eigenvalue weighted by Crippen LogP contribution is -2.12. The number of hydrogen-bond donors (Lipinski definition) is 0. The third kappa shape index (κ3) is 2.56. The fourth-order valence-corrected chi connectivity index (χ4v) is 3.57. The second kappa shape index (κ2) is 5.72. The lowest BCUT2D eigenvalue weighted by molar-refractivity contribution is 0.438. The Morgan fingerprint density at radius 1 is 1.40 bits per heavy atom. The molecule has 0 saturated heterocycles. The van der Waals surface area contributed by atoms with E-state index in [0.717, 1.165) is 41.8 Å². The Hall–Kier alpha value is -1.09. The summed E-state index contributed by atoms with van der Waals surface area (Å²) in [5, 5.41) is 0. The molecule has 2 aromatic rings. The van der Waals surface area contributed by atoms with Crippen LogP contribution in [0.3, 0.4) is 0 Å². The molecule has 4 heteroatoms. The molecule has 0 aliphatic heterocycles. The van der Waals surface area contributed by atoms with Crippen LogP contribution in [0, 0.1) is 18.8 Å². The zero-order valence-corrected chi connectivity index (χ0v) is 13.0. The van der Waals surface area contributed by atoms with E-state index in [9.17, 15) is 0 Å². The first kappa shape index (κ1) is 13.9. The number of fused-ring (bicyclic) bond motifs is 1. The summed E-state index contributed by atoms with van der Waals surface area (Å²) in [6, 6.07) is 2.03. The molecule has 2 unspecified atom stereocenters. The minimum absolute atomic E-state index is 0.615. The molecule has 0 aromatic carbocycles. The van der Waals surface area contributed by atoms with Crippen molar-refractivity contribution in [3.05, 3.63) is 23.7 Å². The van der Waals surface area contributed by atoms with E-state index < -0.39 is 0 Å². The number of pyridine rings is 1. The molecule has 20 heavy (non-hydrogen) atoms. The quantitative estimate of drug-likeness (QED) is 0.798. The number of nitrogens with zero attached hydrogens (tertiary/aromatic N) is 3. The first-order valence-electron chi connectivity index (χ1n) is 7.55. The number of halogens is 1. The summed E-state index contributed by atoms with van der Waals surface area (Å²) in [5.41, 5.74) is 3.27. The maximum atomic E-state index is 5.94. The Morgan fingerprint density at radius 2 is 2.25 bits per heavy atom. The second-order valence-electron chi connectivity index (χ2n) is 6.16. The molecule has 108 valence electrons. The van der Waals surface area contributed by atoms with Crippen molar-refractivity contribution < 1.29 is 0 Å². The van der Waals surface area contributed by atoms with Crippen LogP contribution < -0.4 is 0 Å². The van der Waals surface area contributed by atoms with Crippen LogP contribution in [-0.2, 0) is 13.0 Å². The summed E-state index contributed by atoms with van der Waals surface area (Å²) in [6.45, 7) is 5.50. The molecule has 2 atom stereocenters. The summed E-state index contributed by atoms with van der Waals surface area (Å²) in [6.07, 6.45) is 6.71. The molecule has 0 radical (unpaired) electrons. The van der Waals surface area contributed by atoms with E-state index in [2.05, 4.69) is 23.4 Å². The Labute approximate surface area is 125 Å². The molecule has 2 heterocycles. The van der Waals surface area contributed by atoms with E-state index in [1.807, 2.05) is 12.3 Å². The van der Waals surface area contributed by atoms with Crippen molar-refractivity contribution >= 4 is 22.8 Å². The highest BCUT2D eigenvalue weighted by molar-refractivity contribution is 6.17. The molecular formula is C16H22ClN3. The SMILES string of the molecule is Cc1ccnc2c1nc(CCCl)n2CC1CCC(C)C1. The highest BCUT2D eigenvalue weighted by atomic mass is 35.5. The molecule has 1 aliphatic rings. The lowest BCUT2D eigenvalue weighted by atomic mass is 10.1. The van der Waals surface area contributed by atoms with Gasteiger partial charge in [-0.3, -0.25) is 0 Å². The summed E-state index contributed by atoms with van der Waals surface area (Å²) in [7, 11) is 0. The number of hydrogen-bond acceptors (Lipinski definition) is 2. The van der Waals surface area contributed by atoms with E-state index in [1.54, 1.807) is 0 Å². The molecule has 2 aromatic heterocycles. The second-order valence-corrected chi connectivity index (χ2v) is 6.54. The normalized spacial score (nSPS) is 22.8. The van der Waals surface area contributed by atoms with Crippen LogP contribution in [0.5, 0.6) is 0 Å². The molecule has 0 amide bonds. The van der Waals surface area contributed by atoms with Gasteiger partial charge in [-0.2, -0.15) is 0 Å². The molecule has 1 saturated carbocycles. The Kier molecular flexibility index (Phi) is 3.97. The zero-order valence-electron chi connectivity index (χ0n) is 12.3. The van der Waals surface area contributed by atoms with Crippen molar-refractivity contribution in [2.75, 3.05) is 5.88 Å². The van der Waals surface area contributed by atoms with Crippen LogP contribution >= 0.6 is 11.6 Å². The fourth-order valence-electron chi connectivity index (χ4n) is 3.40. The maximum Gasteiger partial charge on any atom is 0.160 e. The summed E-state index contributed by atoms with van der Waals surface area (Å²) in [4.78, 5) is 9.34. The first-order valence-corrected chi connectivity index (χ1v) is 8.09. The van der Waals surface area contributed by atoms with Crippen molar-refractivity contribution in [3.63, 3.8) is 0 Å². The fraction of sp³-hybridized carbons (Fsp3) is 0.625. The van der Waals surface area contributed by atoms with E-state index in [4.69, 9.17) is 16.6 Å². The third-order valence-corrected chi connectivity index (χ3v) is 4.67. The average molecular weight is 292 g/mol. The Morgan fingerprint density at radius 3 is 2.95 bits per heavy atom. The van der Waals surface area contributed by atoms with E-state index >= 15 is 0 Å². The predicted molar refractivity (Wildman–Crippen MR) is 83.2 cm³/mol. The topological polar surface area (TPSA) is 30.7 Å². The Bertz CT molecular complexity index is 605. The van der Waals surface area contributed by atoms with Gasteiger partial charge in [-0.1, -0.05) is 13.3 Å². The van der Waals surface area contributed by atoms with Crippen LogP contribution in [0.1, 0.15) is 37.6 Å². The van der Waals surface area contributed by atoms with Gasteiger partial charge in [0.2, 0.25) is 0 Å². The maximum absolute atomic E-state index is 5.94. The van der Waals surface area contributed by atoms with E-state index in [1.165, 1.54) is 24.8 Å². The molecule has 3 rings (SSSR count). The number of aryl methyl sites for hydroxylation is 2. The minimum Gasteiger partial charge on any atom is -0.312 e. The zero-order chi connectivity index (χ0) is 14.1. The highest BCUT2D eigenvalue weighted by Gasteiger charge is 2.24. The van der Waals surface area contributed by atoms with Gasteiger partial charge in [0.05, 0.1) is 0 Å². The Balaban J connectivity index is 1.98. The third-order valence-electron chi connectivity index (χ3n) is 4.48. The number of aromatic nitrogens is 3. The summed E-state index contributed by atoms with van der Waals surface area (Å²) < 4.78 is 2.31. The predicted octanol–water partition coefficient (Wildman–Crippen LogP) is 3.96. The summed E-state index contributed by atoms with van der Waals surface area (Å²) in [5.74, 6) is 3.33. The van der Waals surface area contributed by atoms with Gasteiger partial charge in [0, 0.05) is 25.0 Å². The van der Waals surface area contributed by atoms with Crippen LogP contribution in [0.4, 0.5) is 0 Å². The highest BCUT2D eigenvalue weighted by Crippen LogP contribution is 2.32. The van der Waals surface area contributed by atoms with Gasteiger partial charge in [-0.25, -0.2) is 9.97 Å². The van der Waals surface area contributed by atoms with Gasteiger partial charge in [0.1, 0.15) is 11.3 Å². The minimum atomic E-state index is 0.615. The van der Waals surface area contributed by atoms with Gasteiger partial charge in [-0.15, -0.1) is 11.6 Å². The number of alkyl halides is 1. The van der Waals surface area contributed by atoms with Gasteiger partial charge in [0.15, 0.2) is 5.65 Å². The van der Waals surface area contributed by atoms with Crippen molar-refractivity contribution in [3.8, 4) is 0 Å². The monoisotopic (exact) mass is 291 g/mol. The van der Waals surface area contributed by atoms with Crippen LogP contribution in [-0.4, -0.2) is 20.4 Å².